The summed E-state index contributed by atoms with van der Waals surface area (Å²) in [4.78, 5) is 0. The van der Waals surface area contributed by atoms with Gasteiger partial charge in [0.2, 0.25) is 0 Å². The Kier molecular flexibility index (Phi) is 4.45. The number of nitrogens with zero attached hydrogens (tertiary/aromatic N) is 2. The summed E-state index contributed by atoms with van der Waals surface area (Å²) in [5, 5.41) is 9.73. The topological polar surface area (TPSA) is 15.6 Å². The van der Waals surface area contributed by atoms with Crippen molar-refractivity contribution >= 4 is 22.2 Å². The first-order valence-corrected chi connectivity index (χ1v) is 9.95. The lowest BCUT2D eigenvalue weighted by Gasteiger charge is -2.32. The average molecular weight is 374 g/mol. The molecule has 4 aromatic rings. The molecule has 1 atom stereocenters. The lowest BCUT2D eigenvalue weighted by molar-refractivity contribution is 0.750. The van der Waals surface area contributed by atoms with Crippen LogP contribution in [0.1, 0.15) is 22.7 Å². The Morgan fingerprint density at radius 1 is 0.724 bits per heavy atom. The van der Waals surface area contributed by atoms with Gasteiger partial charge in [-0.15, -0.1) is 0 Å². The molecule has 1 aliphatic rings. The summed E-state index contributed by atoms with van der Waals surface area (Å²) in [5.41, 5.74) is 5.68. The monoisotopic (exact) mass is 374 g/mol. The van der Waals surface area contributed by atoms with Crippen molar-refractivity contribution in [2.24, 2.45) is 5.10 Å². The summed E-state index contributed by atoms with van der Waals surface area (Å²) in [6.07, 6.45) is 4.40. The number of benzene rings is 4. The number of hydrazone groups is 1. The highest BCUT2D eigenvalue weighted by Crippen LogP contribution is 2.34. The number of rotatable bonds is 3. The smallest absolute Gasteiger partial charge is 0.0960 e. The number of anilines is 1. The molecule has 0 saturated carbocycles. The normalized spacial score (nSPS) is 16.1. The van der Waals surface area contributed by atoms with Gasteiger partial charge in [-0.2, -0.15) is 5.10 Å². The number of fused-ring (bicyclic) bond motifs is 1. The van der Waals surface area contributed by atoms with Gasteiger partial charge >= 0.3 is 0 Å². The fourth-order valence-corrected chi connectivity index (χ4v) is 3.90. The van der Waals surface area contributed by atoms with Gasteiger partial charge in [-0.1, -0.05) is 91.0 Å². The molecule has 0 aromatic heterocycles. The van der Waals surface area contributed by atoms with Crippen LogP contribution in [0.15, 0.2) is 114 Å². The Balaban J connectivity index is 1.62. The van der Waals surface area contributed by atoms with Crippen LogP contribution >= 0.6 is 0 Å². The van der Waals surface area contributed by atoms with Crippen LogP contribution in [0.25, 0.3) is 10.8 Å². The molecule has 0 N–H and O–H groups in total. The molecule has 0 amide bonds. The molecule has 4 aromatic carbocycles. The third kappa shape index (κ3) is 3.34. The lowest BCUT2D eigenvalue weighted by Crippen LogP contribution is -2.27. The Hall–Kier alpha value is -3.65. The number of hydrogen-bond acceptors (Lipinski definition) is 2. The van der Waals surface area contributed by atoms with Crippen LogP contribution in [-0.4, -0.2) is 5.71 Å². The van der Waals surface area contributed by atoms with Crippen LogP contribution in [-0.2, 0) is 0 Å². The first kappa shape index (κ1) is 17.4. The fourth-order valence-electron chi connectivity index (χ4n) is 3.90. The molecule has 140 valence electrons. The number of aryl methyl sites for hydroxylation is 1. The van der Waals surface area contributed by atoms with Gasteiger partial charge in [0.05, 0.1) is 17.4 Å². The van der Waals surface area contributed by atoms with E-state index in [1.165, 1.54) is 21.9 Å². The lowest BCUT2D eigenvalue weighted by atomic mass is 9.99. The summed E-state index contributed by atoms with van der Waals surface area (Å²) < 4.78 is 0. The molecule has 1 aliphatic heterocycles. The second kappa shape index (κ2) is 7.40. The van der Waals surface area contributed by atoms with Gasteiger partial charge in [0.25, 0.3) is 0 Å². The molecule has 2 nitrogen and oxygen atoms in total. The van der Waals surface area contributed by atoms with E-state index in [0.717, 1.165) is 17.0 Å². The highest BCUT2D eigenvalue weighted by Gasteiger charge is 2.23. The van der Waals surface area contributed by atoms with Crippen LogP contribution in [0.2, 0.25) is 0 Å². The summed E-state index contributed by atoms with van der Waals surface area (Å²) in [7, 11) is 0. The standard InChI is InChI=1S/C27H22N2/c1-20-9-5-8-14-26(20)29-27(22-11-3-2-4-12-22)18-17-25(28-29)24-16-15-21-10-6-7-13-23(21)19-24/h2-19,27H,1H3. The first-order valence-electron chi connectivity index (χ1n) is 9.95. The molecule has 0 aliphatic carbocycles. The van der Waals surface area contributed by atoms with Crippen molar-refractivity contribution in [1.29, 1.82) is 0 Å². The molecule has 2 heteroatoms. The number of allylic oxidation sites excluding steroid dienone is 1. The maximum absolute atomic E-state index is 5.11. The molecule has 0 bridgehead atoms. The molecule has 0 fully saturated rings. The van der Waals surface area contributed by atoms with Crippen molar-refractivity contribution in [3.63, 3.8) is 0 Å². The molecule has 1 heterocycles. The van der Waals surface area contributed by atoms with Gasteiger partial charge in [-0.25, -0.2) is 0 Å². The number of para-hydroxylation sites is 1. The maximum Gasteiger partial charge on any atom is 0.0960 e. The highest BCUT2D eigenvalue weighted by atomic mass is 15.5. The van der Waals surface area contributed by atoms with Gasteiger partial charge in [0, 0.05) is 5.56 Å². The minimum absolute atomic E-state index is 0.0708. The molecule has 1 unspecified atom stereocenters. The first-order chi connectivity index (χ1) is 14.3. The van der Waals surface area contributed by atoms with E-state index in [2.05, 4.69) is 121 Å². The SMILES string of the molecule is Cc1ccccc1N1N=C(c2ccc3ccccc3c2)C=CC1c1ccccc1. The minimum Gasteiger partial charge on any atom is -0.253 e. The van der Waals surface area contributed by atoms with E-state index in [1.807, 2.05) is 0 Å². The fraction of sp³-hybridized carbons (Fsp3) is 0.0741. The van der Waals surface area contributed by atoms with Crippen molar-refractivity contribution in [3.8, 4) is 0 Å². The second-order valence-corrected chi connectivity index (χ2v) is 7.39. The van der Waals surface area contributed by atoms with Gasteiger partial charge in [0.15, 0.2) is 0 Å². The van der Waals surface area contributed by atoms with Crippen molar-refractivity contribution in [2.75, 3.05) is 5.01 Å². The second-order valence-electron chi connectivity index (χ2n) is 7.39. The van der Waals surface area contributed by atoms with Crippen LogP contribution in [0.5, 0.6) is 0 Å². The van der Waals surface area contributed by atoms with Crippen molar-refractivity contribution < 1.29 is 0 Å². The van der Waals surface area contributed by atoms with E-state index in [0.29, 0.717) is 0 Å². The van der Waals surface area contributed by atoms with Crippen molar-refractivity contribution in [1.82, 2.24) is 0 Å². The van der Waals surface area contributed by atoms with Crippen molar-refractivity contribution in [3.05, 3.63) is 126 Å². The summed E-state index contributed by atoms with van der Waals surface area (Å²) in [6, 6.07) is 34.0. The predicted molar refractivity (Wildman–Crippen MR) is 122 cm³/mol. The average Bonchev–Trinajstić information content (AvgIpc) is 2.79. The minimum atomic E-state index is 0.0708. The van der Waals surface area contributed by atoms with Crippen LogP contribution < -0.4 is 5.01 Å². The molecule has 0 radical (unpaired) electrons. The zero-order valence-corrected chi connectivity index (χ0v) is 16.4. The van der Waals surface area contributed by atoms with E-state index in [-0.39, 0.29) is 6.04 Å². The van der Waals surface area contributed by atoms with Gasteiger partial charge in [-0.05, 0) is 47.0 Å². The Labute approximate surface area is 171 Å². The van der Waals surface area contributed by atoms with Crippen LogP contribution in [0.4, 0.5) is 5.69 Å². The maximum atomic E-state index is 5.11. The molecule has 29 heavy (non-hydrogen) atoms. The Morgan fingerprint density at radius 3 is 2.28 bits per heavy atom. The van der Waals surface area contributed by atoms with E-state index in [9.17, 15) is 0 Å². The molecule has 0 saturated heterocycles. The van der Waals surface area contributed by atoms with Crippen molar-refractivity contribution in [2.45, 2.75) is 13.0 Å². The third-order valence-electron chi connectivity index (χ3n) is 5.46. The van der Waals surface area contributed by atoms with E-state index in [1.54, 1.807) is 0 Å². The molecular formula is C27H22N2. The van der Waals surface area contributed by atoms with Gasteiger partial charge < -0.3 is 0 Å². The van der Waals surface area contributed by atoms with Gasteiger partial charge in [-0.3, -0.25) is 5.01 Å². The summed E-state index contributed by atoms with van der Waals surface area (Å²) >= 11 is 0. The molecule has 5 rings (SSSR count). The Bertz CT molecular complexity index is 1220. The molecular weight excluding hydrogens is 352 g/mol. The third-order valence-corrected chi connectivity index (χ3v) is 5.46. The zero-order chi connectivity index (χ0) is 19.6. The highest BCUT2D eigenvalue weighted by molar-refractivity contribution is 6.11. The summed E-state index contributed by atoms with van der Waals surface area (Å²) in [6.45, 7) is 2.14. The van der Waals surface area contributed by atoms with Crippen LogP contribution in [0.3, 0.4) is 0 Å². The summed E-state index contributed by atoms with van der Waals surface area (Å²) in [5.74, 6) is 0. The largest absolute Gasteiger partial charge is 0.253 e. The Morgan fingerprint density at radius 2 is 1.45 bits per heavy atom. The molecule has 0 spiro atoms. The quantitative estimate of drug-likeness (QED) is 0.391. The van der Waals surface area contributed by atoms with Gasteiger partial charge in [0.1, 0.15) is 0 Å². The van der Waals surface area contributed by atoms with E-state index in [4.69, 9.17) is 5.10 Å². The zero-order valence-electron chi connectivity index (χ0n) is 16.4. The van der Waals surface area contributed by atoms with E-state index < -0.39 is 0 Å². The number of hydrogen-bond donors (Lipinski definition) is 0. The van der Waals surface area contributed by atoms with Crippen LogP contribution in [0, 0.1) is 6.92 Å². The van der Waals surface area contributed by atoms with E-state index >= 15 is 0 Å². The predicted octanol–water partition coefficient (Wildman–Crippen LogP) is 6.67.